The highest BCUT2D eigenvalue weighted by atomic mass is 16.2. The van der Waals surface area contributed by atoms with Crippen LogP contribution in [0.1, 0.15) is 5.56 Å². The lowest BCUT2D eigenvalue weighted by molar-refractivity contribution is 0.766. The summed E-state index contributed by atoms with van der Waals surface area (Å²) in [4.78, 5) is 25.1. The van der Waals surface area contributed by atoms with Gasteiger partial charge in [0, 0.05) is 26.8 Å². The van der Waals surface area contributed by atoms with E-state index < -0.39 is 11.2 Å². The lowest BCUT2D eigenvalue weighted by Crippen LogP contribution is -2.32. The quantitative estimate of drug-likeness (QED) is 0.659. The number of nitrogens with one attached hydrogen (secondary N) is 2. The Morgan fingerprint density at radius 2 is 2.16 bits per heavy atom. The fraction of sp³-hybridized carbons (Fsp3) is 0.364. The Hall–Kier alpha value is -2.51. The number of nitrogen functional groups attached to an aromatic ring is 1. The highest BCUT2D eigenvalue weighted by Gasteiger charge is 2.09. The van der Waals surface area contributed by atoms with Gasteiger partial charge in [0.25, 0.3) is 5.56 Å². The van der Waals surface area contributed by atoms with Crippen LogP contribution < -0.4 is 22.3 Å². The first kappa shape index (κ1) is 12.9. The molecule has 0 bridgehead atoms. The summed E-state index contributed by atoms with van der Waals surface area (Å²) in [6.45, 7) is 0.525. The molecule has 0 saturated carbocycles. The third-order valence-corrected chi connectivity index (χ3v) is 2.84. The van der Waals surface area contributed by atoms with Gasteiger partial charge in [-0.25, -0.2) is 4.79 Å². The Balaban J connectivity index is 2.10. The van der Waals surface area contributed by atoms with Gasteiger partial charge in [-0.1, -0.05) is 0 Å². The van der Waals surface area contributed by atoms with Crippen LogP contribution in [0.15, 0.2) is 22.0 Å². The van der Waals surface area contributed by atoms with Gasteiger partial charge in [-0.3, -0.25) is 19.0 Å². The Kier molecular flexibility index (Phi) is 3.41. The summed E-state index contributed by atoms with van der Waals surface area (Å²) in [6, 6.07) is 0. The molecule has 0 aliphatic carbocycles. The molecule has 4 N–H and O–H groups in total. The smallest absolute Gasteiger partial charge is 0.329 e. The number of anilines is 2. The van der Waals surface area contributed by atoms with Gasteiger partial charge in [-0.2, -0.15) is 5.10 Å². The van der Waals surface area contributed by atoms with Crippen molar-refractivity contribution in [1.82, 2.24) is 19.3 Å². The molecule has 2 aromatic heterocycles. The zero-order valence-electron chi connectivity index (χ0n) is 10.8. The summed E-state index contributed by atoms with van der Waals surface area (Å²) in [5.74, 6) is 0.125. The van der Waals surface area contributed by atoms with Gasteiger partial charge in [0.15, 0.2) is 0 Å². The summed E-state index contributed by atoms with van der Waals surface area (Å²) < 4.78 is 2.90. The van der Waals surface area contributed by atoms with E-state index in [1.807, 2.05) is 13.2 Å². The average Bonchev–Trinajstić information content (AvgIpc) is 2.77. The zero-order chi connectivity index (χ0) is 14.0. The molecular weight excluding hydrogens is 248 g/mol. The molecule has 0 unspecified atom stereocenters. The molecule has 0 radical (unpaired) electrons. The van der Waals surface area contributed by atoms with Crippen LogP contribution in [0.4, 0.5) is 11.5 Å². The molecule has 0 atom stereocenters. The SMILES string of the molecule is Cn1cc(CCNc2c(N)n(C)c(=O)[nH]c2=O)cn1. The summed E-state index contributed by atoms with van der Waals surface area (Å²) >= 11 is 0. The molecule has 8 nitrogen and oxygen atoms in total. The van der Waals surface area contributed by atoms with E-state index >= 15 is 0 Å². The molecule has 0 amide bonds. The molecule has 0 spiro atoms. The van der Waals surface area contributed by atoms with E-state index in [2.05, 4.69) is 15.4 Å². The largest absolute Gasteiger partial charge is 0.383 e. The fourth-order valence-corrected chi connectivity index (χ4v) is 1.74. The maximum Gasteiger partial charge on any atom is 0.329 e. The minimum Gasteiger partial charge on any atom is -0.383 e. The Labute approximate surface area is 108 Å². The molecule has 2 rings (SSSR count). The topological polar surface area (TPSA) is 111 Å². The van der Waals surface area contributed by atoms with Gasteiger partial charge in [0.1, 0.15) is 11.5 Å². The van der Waals surface area contributed by atoms with Crippen molar-refractivity contribution in [3.05, 3.63) is 38.8 Å². The minimum atomic E-state index is -0.527. The Morgan fingerprint density at radius 3 is 2.79 bits per heavy atom. The van der Waals surface area contributed by atoms with Crippen molar-refractivity contribution in [3.63, 3.8) is 0 Å². The van der Waals surface area contributed by atoms with Crippen molar-refractivity contribution in [1.29, 1.82) is 0 Å². The molecule has 102 valence electrons. The van der Waals surface area contributed by atoms with Gasteiger partial charge in [0.05, 0.1) is 6.20 Å². The number of rotatable bonds is 4. The second-order valence-electron chi connectivity index (χ2n) is 4.28. The first-order valence-corrected chi connectivity index (χ1v) is 5.79. The average molecular weight is 264 g/mol. The van der Waals surface area contributed by atoms with Crippen LogP contribution in [0.5, 0.6) is 0 Å². The number of nitrogens with two attached hydrogens (primary N) is 1. The van der Waals surface area contributed by atoms with Crippen LogP contribution in [0.2, 0.25) is 0 Å². The highest BCUT2D eigenvalue weighted by molar-refractivity contribution is 5.60. The van der Waals surface area contributed by atoms with E-state index in [0.717, 1.165) is 5.56 Å². The van der Waals surface area contributed by atoms with E-state index in [1.165, 1.54) is 11.6 Å². The Morgan fingerprint density at radius 1 is 1.42 bits per heavy atom. The fourth-order valence-electron chi connectivity index (χ4n) is 1.74. The van der Waals surface area contributed by atoms with Crippen LogP contribution in [-0.4, -0.2) is 25.9 Å². The molecule has 8 heteroatoms. The zero-order valence-corrected chi connectivity index (χ0v) is 10.8. The maximum absolute atomic E-state index is 11.6. The lowest BCUT2D eigenvalue weighted by Gasteiger charge is -2.10. The minimum absolute atomic E-state index is 0.125. The van der Waals surface area contributed by atoms with E-state index in [4.69, 9.17) is 5.73 Å². The molecule has 2 aromatic rings. The van der Waals surface area contributed by atoms with E-state index in [1.54, 1.807) is 10.9 Å². The van der Waals surface area contributed by atoms with E-state index in [0.29, 0.717) is 13.0 Å². The number of hydrogen-bond acceptors (Lipinski definition) is 5. The molecule has 0 aliphatic rings. The third-order valence-electron chi connectivity index (χ3n) is 2.84. The molecule has 0 aromatic carbocycles. The van der Waals surface area contributed by atoms with E-state index in [9.17, 15) is 9.59 Å². The van der Waals surface area contributed by atoms with Crippen LogP contribution >= 0.6 is 0 Å². The predicted octanol–water partition coefficient (Wildman–Crippen LogP) is -0.956. The normalized spacial score (nSPS) is 10.6. The number of aromatic nitrogens is 4. The second kappa shape index (κ2) is 5.01. The van der Waals surface area contributed by atoms with Crippen LogP contribution in [0.3, 0.4) is 0 Å². The van der Waals surface area contributed by atoms with Crippen molar-refractivity contribution in [2.75, 3.05) is 17.6 Å². The van der Waals surface area contributed by atoms with Crippen molar-refractivity contribution in [2.45, 2.75) is 6.42 Å². The molecule has 0 aliphatic heterocycles. The summed E-state index contributed by atoms with van der Waals surface area (Å²) in [5, 5.41) is 7.00. The molecule has 0 saturated heterocycles. The maximum atomic E-state index is 11.6. The van der Waals surface area contributed by atoms with Gasteiger partial charge >= 0.3 is 5.69 Å². The summed E-state index contributed by atoms with van der Waals surface area (Å²) in [5.41, 5.74) is 5.96. The number of nitrogens with zero attached hydrogens (tertiary/aromatic N) is 3. The number of aromatic amines is 1. The summed E-state index contributed by atoms with van der Waals surface area (Å²) in [7, 11) is 3.34. The number of hydrogen-bond donors (Lipinski definition) is 3. The summed E-state index contributed by atoms with van der Waals surface area (Å²) in [6.07, 6.45) is 4.36. The van der Waals surface area contributed by atoms with Gasteiger partial charge in [-0.15, -0.1) is 0 Å². The molecule has 0 fully saturated rings. The van der Waals surface area contributed by atoms with Crippen molar-refractivity contribution >= 4 is 11.5 Å². The first-order chi connectivity index (χ1) is 8.99. The monoisotopic (exact) mass is 264 g/mol. The van der Waals surface area contributed by atoms with Crippen LogP contribution in [0, 0.1) is 0 Å². The lowest BCUT2D eigenvalue weighted by atomic mass is 10.2. The number of aryl methyl sites for hydroxylation is 1. The third kappa shape index (κ3) is 2.67. The molecular formula is C11H16N6O2. The van der Waals surface area contributed by atoms with Gasteiger partial charge in [0.2, 0.25) is 0 Å². The molecule has 19 heavy (non-hydrogen) atoms. The van der Waals surface area contributed by atoms with Crippen molar-refractivity contribution < 1.29 is 0 Å². The highest BCUT2D eigenvalue weighted by Crippen LogP contribution is 2.08. The first-order valence-electron chi connectivity index (χ1n) is 5.79. The standard InChI is InChI=1S/C11H16N6O2/c1-16-6-7(5-14-16)3-4-13-8-9(12)17(2)11(19)15-10(8)18/h5-6,13H,3-4,12H2,1-2H3,(H,15,18,19). The van der Waals surface area contributed by atoms with Crippen LogP contribution in [0.25, 0.3) is 0 Å². The predicted molar refractivity (Wildman–Crippen MR) is 72.1 cm³/mol. The van der Waals surface area contributed by atoms with Crippen molar-refractivity contribution in [3.8, 4) is 0 Å². The number of H-pyrrole nitrogens is 1. The van der Waals surface area contributed by atoms with Crippen molar-refractivity contribution in [2.24, 2.45) is 14.1 Å². The Bertz CT molecular complexity index is 696. The van der Waals surface area contributed by atoms with Gasteiger partial charge in [-0.05, 0) is 12.0 Å². The van der Waals surface area contributed by atoms with E-state index in [-0.39, 0.29) is 11.5 Å². The molecule has 2 heterocycles. The van der Waals surface area contributed by atoms with Crippen LogP contribution in [-0.2, 0) is 20.5 Å². The second-order valence-corrected chi connectivity index (χ2v) is 4.28. The van der Waals surface area contributed by atoms with Gasteiger partial charge < -0.3 is 11.1 Å².